The van der Waals surface area contributed by atoms with Crippen molar-refractivity contribution in [1.82, 2.24) is 30.1 Å². The maximum absolute atomic E-state index is 12.3. The third-order valence-corrected chi connectivity index (χ3v) is 4.16. The predicted molar refractivity (Wildman–Crippen MR) is 91.1 cm³/mol. The Labute approximate surface area is 149 Å². The van der Waals surface area contributed by atoms with E-state index in [4.69, 9.17) is 9.47 Å². The molecule has 1 saturated heterocycles. The highest BCUT2D eigenvalue weighted by atomic mass is 16.5. The van der Waals surface area contributed by atoms with E-state index in [9.17, 15) is 4.79 Å². The molecule has 2 aromatic heterocycles. The number of hydrogen-bond donors (Lipinski definition) is 1. The quantitative estimate of drug-likeness (QED) is 0.720. The van der Waals surface area contributed by atoms with E-state index in [0.717, 1.165) is 5.69 Å². The van der Waals surface area contributed by atoms with E-state index in [1.54, 1.807) is 24.1 Å². The molecule has 134 valence electrons. The number of aromatic nitrogens is 5. The molecule has 0 spiro atoms. The van der Waals surface area contributed by atoms with Crippen LogP contribution in [-0.2, 0) is 11.8 Å². The first kappa shape index (κ1) is 16.3. The fourth-order valence-electron chi connectivity index (χ4n) is 2.79. The Hall–Kier alpha value is -3.20. The zero-order valence-corrected chi connectivity index (χ0v) is 14.1. The van der Waals surface area contributed by atoms with Crippen molar-refractivity contribution in [3.63, 3.8) is 0 Å². The summed E-state index contributed by atoms with van der Waals surface area (Å²) in [4.78, 5) is 12.3. The molecule has 0 aliphatic carbocycles. The molecule has 2 atom stereocenters. The van der Waals surface area contributed by atoms with Crippen molar-refractivity contribution in [3.05, 3.63) is 54.6 Å². The molecule has 0 saturated carbocycles. The summed E-state index contributed by atoms with van der Waals surface area (Å²) in [6.07, 6.45) is 4.58. The van der Waals surface area contributed by atoms with Crippen LogP contribution in [0.1, 0.15) is 10.5 Å². The van der Waals surface area contributed by atoms with Crippen molar-refractivity contribution < 1.29 is 14.3 Å². The Balaban J connectivity index is 1.42. The third-order valence-electron chi connectivity index (χ3n) is 4.16. The number of carbonyl (C=O) groups excluding carboxylic acids is 1. The lowest BCUT2D eigenvalue weighted by molar-refractivity contribution is 0.0894. The van der Waals surface area contributed by atoms with Crippen molar-refractivity contribution >= 4 is 5.91 Å². The average molecular weight is 354 g/mol. The lowest BCUT2D eigenvalue weighted by Crippen LogP contribution is -2.45. The van der Waals surface area contributed by atoms with Crippen LogP contribution in [0, 0.1) is 0 Å². The van der Waals surface area contributed by atoms with Crippen LogP contribution in [0.25, 0.3) is 5.69 Å². The first-order chi connectivity index (χ1) is 12.7. The topological polar surface area (TPSA) is 96.1 Å². The van der Waals surface area contributed by atoms with Gasteiger partial charge in [0, 0.05) is 7.05 Å². The molecule has 1 fully saturated rings. The van der Waals surface area contributed by atoms with Crippen LogP contribution < -0.4 is 10.1 Å². The molecule has 9 nitrogen and oxygen atoms in total. The van der Waals surface area contributed by atoms with Crippen molar-refractivity contribution in [2.24, 2.45) is 7.05 Å². The van der Waals surface area contributed by atoms with E-state index >= 15 is 0 Å². The van der Waals surface area contributed by atoms with E-state index in [0.29, 0.717) is 24.7 Å². The molecule has 3 heterocycles. The Morgan fingerprint density at radius 3 is 2.88 bits per heavy atom. The van der Waals surface area contributed by atoms with Gasteiger partial charge in [0.05, 0.1) is 43.5 Å². The maximum Gasteiger partial charge on any atom is 0.271 e. The second-order valence-electron chi connectivity index (χ2n) is 5.97. The van der Waals surface area contributed by atoms with E-state index < -0.39 is 0 Å². The highest BCUT2D eigenvalue weighted by Crippen LogP contribution is 2.19. The summed E-state index contributed by atoms with van der Waals surface area (Å²) in [5.41, 5.74) is 1.33. The van der Waals surface area contributed by atoms with Gasteiger partial charge in [0.25, 0.3) is 5.91 Å². The number of nitrogens with zero attached hydrogens (tertiary/aromatic N) is 5. The summed E-state index contributed by atoms with van der Waals surface area (Å²) in [6, 6.07) is 9.49. The molecule has 3 aromatic rings. The molecule has 0 radical (unpaired) electrons. The van der Waals surface area contributed by atoms with Gasteiger partial charge in [0.1, 0.15) is 11.8 Å². The largest absolute Gasteiger partial charge is 0.482 e. The number of benzene rings is 1. The summed E-state index contributed by atoms with van der Waals surface area (Å²) in [6.45, 7) is 0.777. The van der Waals surface area contributed by atoms with Gasteiger partial charge in [-0.05, 0) is 12.1 Å². The molecule has 4 rings (SSSR count). The van der Waals surface area contributed by atoms with E-state index in [1.807, 2.05) is 30.3 Å². The summed E-state index contributed by atoms with van der Waals surface area (Å²) in [5, 5.41) is 14.7. The zero-order valence-electron chi connectivity index (χ0n) is 14.1. The number of para-hydroxylation sites is 1. The van der Waals surface area contributed by atoms with Gasteiger partial charge in [0.15, 0.2) is 5.75 Å². The predicted octanol–water partition coefficient (Wildman–Crippen LogP) is 0.577. The van der Waals surface area contributed by atoms with Crippen molar-refractivity contribution in [3.8, 4) is 11.4 Å². The summed E-state index contributed by atoms with van der Waals surface area (Å²) < 4.78 is 14.6. The highest BCUT2D eigenvalue weighted by Gasteiger charge is 2.32. The van der Waals surface area contributed by atoms with Gasteiger partial charge in [-0.15, -0.1) is 5.10 Å². The van der Waals surface area contributed by atoms with Crippen molar-refractivity contribution in [1.29, 1.82) is 0 Å². The Kier molecular flexibility index (Phi) is 4.36. The molecular weight excluding hydrogens is 336 g/mol. The van der Waals surface area contributed by atoms with Crippen LogP contribution in [0.3, 0.4) is 0 Å². The zero-order chi connectivity index (χ0) is 17.9. The van der Waals surface area contributed by atoms with E-state index in [2.05, 4.69) is 20.7 Å². The van der Waals surface area contributed by atoms with Crippen LogP contribution in [0.2, 0.25) is 0 Å². The van der Waals surface area contributed by atoms with Crippen molar-refractivity contribution in [2.45, 2.75) is 12.1 Å². The molecule has 0 bridgehead atoms. The standard InChI is InChI=1S/C17H18N6O3/c1-22-15(8-18-21-22)17(24)20-14-10-25-11-16(14)26-13-7-19-23(9-13)12-5-3-2-4-6-12/h2-9,14,16H,10-11H2,1H3,(H,20,24)/t14-,16+/m0/s1. The van der Waals surface area contributed by atoms with Crippen molar-refractivity contribution in [2.75, 3.05) is 13.2 Å². The molecule has 1 N–H and O–H groups in total. The number of amides is 1. The number of ether oxygens (including phenoxy) is 2. The monoisotopic (exact) mass is 354 g/mol. The third kappa shape index (κ3) is 3.29. The van der Waals surface area contributed by atoms with Gasteiger partial charge in [-0.2, -0.15) is 5.10 Å². The molecule has 9 heteroatoms. The first-order valence-electron chi connectivity index (χ1n) is 8.21. The van der Waals surface area contributed by atoms with Gasteiger partial charge in [-0.25, -0.2) is 9.36 Å². The van der Waals surface area contributed by atoms with E-state index in [-0.39, 0.29) is 18.1 Å². The van der Waals surface area contributed by atoms with Crippen LogP contribution in [0.5, 0.6) is 5.75 Å². The molecule has 1 aromatic carbocycles. The van der Waals surface area contributed by atoms with Crippen LogP contribution in [0.4, 0.5) is 0 Å². The number of rotatable bonds is 5. The second-order valence-corrected chi connectivity index (χ2v) is 5.97. The number of nitrogens with one attached hydrogen (secondary N) is 1. The van der Waals surface area contributed by atoms with Crippen LogP contribution in [-0.4, -0.2) is 56.0 Å². The summed E-state index contributed by atoms with van der Waals surface area (Å²) in [5.74, 6) is 0.354. The van der Waals surface area contributed by atoms with Gasteiger partial charge in [0.2, 0.25) is 0 Å². The van der Waals surface area contributed by atoms with Gasteiger partial charge in [-0.3, -0.25) is 4.79 Å². The normalized spacial score (nSPS) is 19.4. The smallest absolute Gasteiger partial charge is 0.271 e. The lowest BCUT2D eigenvalue weighted by atomic mass is 10.2. The van der Waals surface area contributed by atoms with E-state index in [1.165, 1.54) is 10.9 Å². The van der Waals surface area contributed by atoms with Gasteiger partial charge in [-0.1, -0.05) is 23.4 Å². The Morgan fingerprint density at radius 1 is 1.27 bits per heavy atom. The Bertz CT molecular complexity index is 891. The summed E-state index contributed by atoms with van der Waals surface area (Å²) in [7, 11) is 1.67. The number of hydrogen-bond acceptors (Lipinski definition) is 6. The minimum atomic E-state index is -0.298. The minimum Gasteiger partial charge on any atom is -0.482 e. The fourth-order valence-corrected chi connectivity index (χ4v) is 2.79. The van der Waals surface area contributed by atoms with Crippen LogP contribution in [0.15, 0.2) is 48.9 Å². The van der Waals surface area contributed by atoms with Gasteiger partial charge < -0.3 is 14.8 Å². The number of carbonyl (C=O) groups is 1. The molecule has 0 unspecified atom stereocenters. The molecular formula is C17H18N6O3. The second kappa shape index (κ2) is 6.96. The number of aryl methyl sites for hydroxylation is 1. The Morgan fingerprint density at radius 2 is 2.12 bits per heavy atom. The van der Waals surface area contributed by atoms with Gasteiger partial charge >= 0.3 is 0 Å². The molecule has 1 amide bonds. The van der Waals surface area contributed by atoms with Crippen LogP contribution >= 0.6 is 0 Å². The fraction of sp³-hybridized carbons (Fsp3) is 0.294. The lowest BCUT2D eigenvalue weighted by Gasteiger charge is -2.19. The first-order valence-corrected chi connectivity index (χ1v) is 8.21. The highest BCUT2D eigenvalue weighted by molar-refractivity contribution is 5.92. The molecule has 1 aliphatic rings. The minimum absolute atomic E-state index is 0.262. The molecule has 1 aliphatic heterocycles. The SMILES string of the molecule is Cn1nncc1C(=O)N[C@H]1COC[C@H]1Oc1cnn(-c2ccccc2)c1. The molecule has 26 heavy (non-hydrogen) atoms. The maximum atomic E-state index is 12.3. The average Bonchev–Trinajstić information content (AvgIpc) is 3.38. The summed E-state index contributed by atoms with van der Waals surface area (Å²) >= 11 is 0.